The van der Waals surface area contributed by atoms with Crippen molar-refractivity contribution in [1.29, 1.82) is 0 Å². The van der Waals surface area contributed by atoms with Crippen LogP contribution in [0.3, 0.4) is 0 Å². The first-order valence-electron chi connectivity index (χ1n) is 5.50. The van der Waals surface area contributed by atoms with Crippen molar-refractivity contribution < 1.29 is 0 Å². The SMILES string of the molecule is c1ccc([C@H]2C[C@@H]3CCC[C@@H]32)cc1. The smallest absolute Gasteiger partial charge is 0.0128 e. The fourth-order valence-electron chi connectivity index (χ4n) is 3.28. The molecule has 2 fully saturated rings. The van der Waals surface area contributed by atoms with Gasteiger partial charge in [-0.25, -0.2) is 0 Å². The van der Waals surface area contributed by atoms with Crippen LogP contribution >= 0.6 is 0 Å². The highest BCUT2D eigenvalue weighted by atomic mass is 14.5. The maximum Gasteiger partial charge on any atom is -0.0128 e. The van der Waals surface area contributed by atoms with Gasteiger partial charge in [0, 0.05) is 0 Å². The first-order valence-corrected chi connectivity index (χ1v) is 5.50. The predicted molar refractivity (Wildman–Crippen MR) is 54.6 cm³/mol. The van der Waals surface area contributed by atoms with E-state index in [2.05, 4.69) is 30.3 Å². The summed E-state index contributed by atoms with van der Waals surface area (Å²) in [5.41, 5.74) is 1.59. The van der Waals surface area contributed by atoms with Crippen molar-refractivity contribution in [3.63, 3.8) is 0 Å². The normalized spacial score (nSPS) is 36.8. The molecule has 1 aromatic rings. The molecule has 0 heteroatoms. The van der Waals surface area contributed by atoms with Crippen LogP contribution in [0.5, 0.6) is 0 Å². The average Bonchev–Trinajstić information content (AvgIpc) is 2.50. The van der Waals surface area contributed by atoms with Crippen molar-refractivity contribution in [2.45, 2.75) is 31.6 Å². The minimum absolute atomic E-state index is 0.911. The third-order valence-electron chi connectivity index (χ3n) is 4.02. The zero-order chi connectivity index (χ0) is 8.67. The third-order valence-corrected chi connectivity index (χ3v) is 4.02. The van der Waals surface area contributed by atoms with Crippen molar-refractivity contribution in [1.82, 2.24) is 0 Å². The highest BCUT2D eigenvalue weighted by molar-refractivity contribution is 5.24. The number of fused-ring (bicyclic) bond motifs is 1. The molecule has 0 N–H and O–H groups in total. The largest absolute Gasteiger partial charge is 0.0622 e. The van der Waals surface area contributed by atoms with Crippen molar-refractivity contribution in [2.75, 3.05) is 0 Å². The fourth-order valence-corrected chi connectivity index (χ4v) is 3.28. The number of benzene rings is 1. The summed E-state index contributed by atoms with van der Waals surface area (Å²) < 4.78 is 0. The molecule has 0 heterocycles. The average molecular weight is 172 g/mol. The maximum atomic E-state index is 2.30. The second-order valence-corrected chi connectivity index (χ2v) is 4.61. The van der Waals surface area contributed by atoms with E-state index in [0.29, 0.717) is 0 Å². The molecule has 0 amide bonds. The first kappa shape index (κ1) is 7.61. The van der Waals surface area contributed by atoms with E-state index in [-0.39, 0.29) is 0 Å². The highest BCUT2D eigenvalue weighted by Crippen LogP contribution is 2.55. The second-order valence-electron chi connectivity index (χ2n) is 4.61. The Morgan fingerprint density at radius 1 is 1.00 bits per heavy atom. The summed E-state index contributed by atoms with van der Waals surface area (Å²) >= 11 is 0. The molecule has 0 bridgehead atoms. The van der Waals surface area contributed by atoms with Gasteiger partial charge in [-0.1, -0.05) is 43.2 Å². The number of hydrogen-bond donors (Lipinski definition) is 0. The van der Waals surface area contributed by atoms with E-state index in [9.17, 15) is 0 Å². The van der Waals surface area contributed by atoms with Crippen molar-refractivity contribution in [2.24, 2.45) is 11.8 Å². The van der Waals surface area contributed by atoms with Gasteiger partial charge in [-0.15, -0.1) is 0 Å². The molecule has 0 nitrogen and oxygen atoms in total. The van der Waals surface area contributed by atoms with Crippen molar-refractivity contribution in [3.05, 3.63) is 35.9 Å². The van der Waals surface area contributed by atoms with Gasteiger partial charge < -0.3 is 0 Å². The quantitative estimate of drug-likeness (QED) is 0.607. The molecule has 0 spiro atoms. The summed E-state index contributed by atoms with van der Waals surface area (Å²) in [6.07, 6.45) is 5.95. The standard InChI is InChI=1S/C13H16/c1-2-5-10(6-3-1)13-9-11-7-4-8-12(11)13/h1-3,5-6,11-13H,4,7-9H2/t11-,12-,13+/m0/s1. The molecule has 0 aliphatic heterocycles. The lowest BCUT2D eigenvalue weighted by molar-refractivity contribution is 0.169. The molecule has 2 aliphatic carbocycles. The van der Waals surface area contributed by atoms with Gasteiger partial charge in [-0.2, -0.15) is 0 Å². The topological polar surface area (TPSA) is 0 Å². The van der Waals surface area contributed by atoms with Crippen LogP contribution in [-0.2, 0) is 0 Å². The van der Waals surface area contributed by atoms with Crippen molar-refractivity contribution >= 4 is 0 Å². The zero-order valence-electron chi connectivity index (χ0n) is 7.95. The summed E-state index contributed by atoms with van der Waals surface area (Å²) in [5, 5.41) is 0. The van der Waals surface area contributed by atoms with Crippen molar-refractivity contribution in [3.8, 4) is 0 Å². The van der Waals surface area contributed by atoms with Gasteiger partial charge in [-0.3, -0.25) is 0 Å². The van der Waals surface area contributed by atoms with Gasteiger partial charge in [-0.05, 0) is 36.2 Å². The van der Waals surface area contributed by atoms with Crippen LogP contribution in [0.1, 0.15) is 37.2 Å². The van der Waals surface area contributed by atoms with Gasteiger partial charge in [0.1, 0.15) is 0 Å². The summed E-state index contributed by atoms with van der Waals surface area (Å²) in [5.74, 6) is 3.04. The molecule has 13 heavy (non-hydrogen) atoms. The van der Waals surface area contributed by atoms with Crippen LogP contribution in [0.4, 0.5) is 0 Å². The van der Waals surface area contributed by atoms with Crippen LogP contribution in [0.15, 0.2) is 30.3 Å². The summed E-state index contributed by atoms with van der Waals surface area (Å²) in [6.45, 7) is 0. The fraction of sp³-hybridized carbons (Fsp3) is 0.538. The number of hydrogen-bond acceptors (Lipinski definition) is 0. The summed E-state index contributed by atoms with van der Waals surface area (Å²) in [4.78, 5) is 0. The molecule has 3 atom stereocenters. The number of rotatable bonds is 1. The minimum atomic E-state index is 0.911. The second kappa shape index (κ2) is 2.87. The molecule has 3 rings (SSSR count). The Morgan fingerprint density at radius 3 is 2.62 bits per heavy atom. The maximum absolute atomic E-state index is 2.30. The van der Waals surface area contributed by atoms with Gasteiger partial charge in [0.05, 0.1) is 0 Å². The van der Waals surface area contributed by atoms with E-state index in [0.717, 1.165) is 17.8 Å². The van der Waals surface area contributed by atoms with Crippen LogP contribution in [0.25, 0.3) is 0 Å². The molecular weight excluding hydrogens is 156 g/mol. The van der Waals surface area contributed by atoms with Gasteiger partial charge >= 0.3 is 0 Å². The van der Waals surface area contributed by atoms with E-state index in [1.807, 2.05) is 0 Å². The third kappa shape index (κ3) is 1.12. The van der Waals surface area contributed by atoms with Gasteiger partial charge in [0.2, 0.25) is 0 Å². The van der Waals surface area contributed by atoms with Crippen LogP contribution < -0.4 is 0 Å². The molecule has 0 radical (unpaired) electrons. The Morgan fingerprint density at radius 2 is 1.85 bits per heavy atom. The van der Waals surface area contributed by atoms with Crippen LogP contribution in [-0.4, -0.2) is 0 Å². The summed E-state index contributed by atoms with van der Waals surface area (Å²) in [6, 6.07) is 11.1. The van der Waals surface area contributed by atoms with Crippen LogP contribution in [0, 0.1) is 11.8 Å². The van der Waals surface area contributed by atoms with E-state index >= 15 is 0 Å². The molecule has 0 saturated heterocycles. The monoisotopic (exact) mass is 172 g/mol. The lowest BCUT2D eigenvalue weighted by Crippen LogP contribution is -2.30. The molecule has 2 saturated carbocycles. The van der Waals surface area contributed by atoms with Gasteiger partial charge in [0.25, 0.3) is 0 Å². The Kier molecular flexibility index (Phi) is 1.68. The lowest BCUT2D eigenvalue weighted by Gasteiger charge is -2.41. The Bertz CT molecular complexity index is 288. The Hall–Kier alpha value is -0.780. The van der Waals surface area contributed by atoms with E-state index in [1.54, 1.807) is 5.56 Å². The van der Waals surface area contributed by atoms with E-state index in [1.165, 1.54) is 25.7 Å². The minimum Gasteiger partial charge on any atom is -0.0622 e. The first-order chi connectivity index (χ1) is 6.45. The highest BCUT2D eigenvalue weighted by Gasteiger charge is 2.43. The Balaban J connectivity index is 1.81. The molecule has 0 aromatic heterocycles. The van der Waals surface area contributed by atoms with Crippen LogP contribution in [0.2, 0.25) is 0 Å². The molecule has 0 unspecified atom stereocenters. The zero-order valence-corrected chi connectivity index (χ0v) is 7.95. The molecule has 1 aromatic carbocycles. The molecule has 2 aliphatic rings. The molecular formula is C13H16. The molecule has 68 valence electrons. The predicted octanol–water partition coefficient (Wildman–Crippen LogP) is 3.59. The van der Waals surface area contributed by atoms with Gasteiger partial charge in [0.15, 0.2) is 0 Å². The van der Waals surface area contributed by atoms with E-state index < -0.39 is 0 Å². The Labute approximate surface area is 80.0 Å². The lowest BCUT2D eigenvalue weighted by atomic mass is 9.64. The summed E-state index contributed by atoms with van der Waals surface area (Å²) in [7, 11) is 0. The van der Waals surface area contributed by atoms with E-state index in [4.69, 9.17) is 0 Å².